The van der Waals surface area contributed by atoms with Crippen LogP contribution in [0, 0.1) is 11.3 Å². The highest BCUT2D eigenvalue weighted by atomic mass is 15.2. The number of hydrogen-bond donors (Lipinski definition) is 2. The van der Waals surface area contributed by atoms with Crippen molar-refractivity contribution >= 4 is 0 Å². The first-order valence-electron chi connectivity index (χ1n) is 8.08. The van der Waals surface area contributed by atoms with Gasteiger partial charge in [-0.15, -0.1) is 0 Å². The van der Waals surface area contributed by atoms with Gasteiger partial charge in [0.15, 0.2) is 0 Å². The highest BCUT2D eigenvalue weighted by molar-refractivity contribution is 5.23. The number of aryl methyl sites for hydroxylation is 1. The molecule has 2 nitrogen and oxygen atoms in total. The van der Waals surface area contributed by atoms with Gasteiger partial charge in [0, 0.05) is 6.04 Å². The summed E-state index contributed by atoms with van der Waals surface area (Å²) in [6.45, 7) is 6.97. The van der Waals surface area contributed by atoms with Crippen molar-refractivity contribution in [1.29, 1.82) is 0 Å². The fourth-order valence-electron chi connectivity index (χ4n) is 3.35. The Labute approximate surface area is 124 Å². The highest BCUT2D eigenvalue weighted by Gasteiger charge is 2.30. The van der Waals surface area contributed by atoms with Gasteiger partial charge in [-0.05, 0) is 61.0 Å². The van der Waals surface area contributed by atoms with Crippen molar-refractivity contribution in [1.82, 2.24) is 5.43 Å². The minimum absolute atomic E-state index is 0.415. The van der Waals surface area contributed by atoms with E-state index >= 15 is 0 Å². The molecule has 2 rings (SSSR count). The molecule has 3 N–H and O–H groups in total. The van der Waals surface area contributed by atoms with Gasteiger partial charge in [0.05, 0.1) is 0 Å². The first kappa shape index (κ1) is 15.5. The molecule has 0 radical (unpaired) electrons. The number of nitrogens with two attached hydrogens (primary N) is 1. The maximum Gasteiger partial charge on any atom is 0.0279 e. The second-order valence-corrected chi connectivity index (χ2v) is 7.15. The van der Waals surface area contributed by atoms with Crippen molar-refractivity contribution in [2.24, 2.45) is 17.2 Å². The van der Waals surface area contributed by atoms with Crippen LogP contribution in [0.25, 0.3) is 0 Å². The Bertz CT molecular complexity index is 398. The van der Waals surface area contributed by atoms with Gasteiger partial charge < -0.3 is 0 Å². The number of rotatable bonds is 5. The van der Waals surface area contributed by atoms with E-state index < -0.39 is 0 Å². The molecule has 1 saturated carbocycles. The SMILES string of the molecule is CCc1ccc(CC(NN)C2CCC(C)(C)CC2)cc1. The lowest BCUT2D eigenvalue weighted by Crippen LogP contribution is -2.44. The van der Waals surface area contributed by atoms with Crippen LogP contribution in [0.1, 0.15) is 57.6 Å². The molecule has 0 amide bonds. The molecule has 1 aliphatic carbocycles. The summed E-state index contributed by atoms with van der Waals surface area (Å²) in [5.74, 6) is 6.55. The summed E-state index contributed by atoms with van der Waals surface area (Å²) < 4.78 is 0. The predicted molar refractivity (Wildman–Crippen MR) is 86.4 cm³/mol. The van der Waals surface area contributed by atoms with Crippen LogP contribution in [0.4, 0.5) is 0 Å². The smallest absolute Gasteiger partial charge is 0.0279 e. The molecule has 0 bridgehead atoms. The summed E-state index contributed by atoms with van der Waals surface area (Å²) in [5, 5.41) is 0. The molecule has 1 aliphatic rings. The van der Waals surface area contributed by atoms with Crippen LogP contribution < -0.4 is 11.3 Å². The summed E-state index contributed by atoms with van der Waals surface area (Å²) >= 11 is 0. The molecule has 1 fully saturated rings. The van der Waals surface area contributed by atoms with Crippen LogP contribution in [-0.4, -0.2) is 6.04 Å². The number of hydrogen-bond acceptors (Lipinski definition) is 2. The molecule has 1 atom stereocenters. The van der Waals surface area contributed by atoms with Gasteiger partial charge in [0.1, 0.15) is 0 Å². The summed E-state index contributed by atoms with van der Waals surface area (Å²) in [5.41, 5.74) is 6.41. The summed E-state index contributed by atoms with van der Waals surface area (Å²) in [6.07, 6.45) is 7.40. The molecule has 0 heterocycles. The minimum atomic E-state index is 0.415. The van der Waals surface area contributed by atoms with Crippen molar-refractivity contribution in [2.45, 2.75) is 65.3 Å². The molecule has 0 saturated heterocycles. The van der Waals surface area contributed by atoms with Gasteiger partial charge in [-0.1, -0.05) is 45.0 Å². The fraction of sp³-hybridized carbons (Fsp3) is 0.667. The Kier molecular flexibility index (Phi) is 5.22. The average molecular weight is 274 g/mol. The maximum atomic E-state index is 5.83. The molecule has 20 heavy (non-hydrogen) atoms. The Balaban J connectivity index is 1.94. The summed E-state index contributed by atoms with van der Waals surface area (Å²) in [4.78, 5) is 0. The van der Waals surface area contributed by atoms with Gasteiger partial charge in [-0.3, -0.25) is 11.3 Å². The molecule has 0 aromatic heterocycles. The zero-order valence-corrected chi connectivity index (χ0v) is 13.3. The van der Waals surface area contributed by atoms with Crippen LogP contribution in [0.15, 0.2) is 24.3 Å². The van der Waals surface area contributed by atoms with Gasteiger partial charge in [-0.2, -0.15) is 0 Å². The topological polar surface area (TPSA) is 38.0 Å². The molecule has 2 heteroatoms. The molecular weight excluding hydrogens is 244 g/mol. The first-order chi connectivity index (χ1) is 9.54. The van der Waals surface area contributed by atoms with E-state index in [2.05, 4.69) is 50.5 Å². The van der Waals surface area contributed by atoms with E-state index in [0.717, 1.165) is 18.8 Å². The quantitative estimate of drug-likeness (QED) is 0.632. The number of nitrogens with one attached hydrogen (secondary N) is 1. The Morgan fingerprint density at radius 3 is 2.20 bits per heavy atom. The third kappa shape index (κ3) is 4.07. The maximum absolute atomic E-state index is 5.83. The number of hydrazine groups is 1. The Morgan fingerprint density at radius 1 is 1.15 bits per heavy atom. The van der Waals surface area contributed by atoms with E-state index in [1.807, 2.05) is 0 Å². The van der Waals surface area contributed by atoms with Crippen LogP contribution in [-0.2, 0) is 12.8 Å². The molecule has 0 aliphatic heterocycles. The van der Waals surface area contributed by atoms with E-state index in [9.17, 15) is 0 Å². The van der Waals surface area contributed by atoms with E-state index in [0.29, 0.717) is 11.5 Å². The van der Waals surface area contributed by atoms with E-state index in [4.69, 9.17) is 5.84 Å². The van der Waals surface area contributed by atoms with Crippen molar-refractivity contribution in [2.75, 3.05) is 0 Å². The van der Waals surface area contributed by atoms with Gasteiger partial charge in [-0.25, -0.2) is 0 Å². The molecular formula is C18H30N2. The van der Waals surface area contributed by atoms with E-state index in [-0.39, 0.29) is 0 Å². The minimum Gasteiger partial charge on any atom is -0.271 e. The lowest BCUT2D eigenvalue weighted by Gasteiger charge is -2.37. The van der Waals surface area contributed by atoms with E-state index in [1.54, 1.807) is 0 Å². The standard InChI is InChI=1S/C18H30N2/c1-4-14-5-7-15(8-6-14)13-17(20-19)16-9-11-18(2,3)12-10-16/h5-8,16-17,20H,4,9-13,19H2,1-3H3. The third-order valence-corrected chi connectivity index (χ3v) is 5.05. The first-order valence-corrected chi connectivity index (χ1v) is 8.08. The van der Waals surface area contributed by atoms with E-state index in [1.165, 1.54) is 36.8 Å². The summed E-state index contributed by atoms with van der Waals surface area (Å²) in [6, 6.07) is 9.42. The van der Waals surface area contributed by atoms with Crippen LogP contribution >= 0.6 is 0 Å². The lowest BCUT2D eigenvalue weighted by atomic mass is 9.70. The Morgan fingerprint density at radius 2 is 1.70 bits per heavy atom. The average Bonchev–Trinajstić information content (AvgIpc) is 2.46. The van der Waals surface area contributed by atoms with Crippen molar-refractivity contribution in [3.63, 3.8) is 0 Å². The van der Waals surface area contributed by atoms with Crippen LogP contribution in [0.3, 0.4) is 0 Å². The molecule has 112 valence electrons. The zero-order chi connectivity index (χ0) is 14.6. The predicted octanol–water partition coefficient (Wildman–Crippen LogP) is 3.84. The van der Waals surface area contributed by atoms with Gasteiger partial charge in [0.2, 0.25) is 0 Å². The zero-order valence-electron chi connectivity index (χ0n) is 13.3. The molecule has 1 unspecified atom stereocenters. The third-order valence-electron chi connectivity index (χ3n) is 5.05. The second kappa shape index (κ2) is 6.73. The number of benzene rings is 1. The van der Waals surface area contributed by atoms with Crippen molar-refractivity contribution in [3.05, 3.63) is 35.4 Å². The van der Waals surface area contributed by atoms with Crippen molar-refractivity contribution < 1.29 is 0 Å². The summed E-state index contributed by atoms with van der Waals surface area (Å²) in [7, 11) is 0. The normalized spacial score (nSPS) is 20.8. The van der Waals surface area contributed by atoms with Gasteiger partial charge >= 0.3 is 0 Å². The largest absolute Gasteiger partial charge is 0.271 e. The fourth-order valence-corrected chi connectivity index (χ4v) is 3.35. The molecule has 0 spiro atoms. The Hall–Kier alpha value is -0.860. The van der Waals surface area contributed by atoms with Crippen LogP contribution in [0.2, 0.25) is 0 Å². The monoisotopic (exact) mass is 274 g/mol. The highest BCUT2D eigenvalue weighted by Crippen LogP contribution is 2.39. The van der Waals surface area contributed by atoms with Crippen molar-refractivity contribution in [3.8, 4) is 0 Å². The molecule has 1 aromatic carbocycles. The lowest BCUT2D eigenvalue weighted by molar-refractivity contribution is 0.161. The van der Waals surface area contributed by atoms with Gasteiger partial charge in [0.25, 0.3) is 0 Å². The van der Waals surface area contributed by atoms with Crippen LogP contribution in [0.5, 0.6) is 0 Å². The second-order valence-electron chi connectivity index (χ2n) is 7.15. The molecule has 1 aromatic rings.